The predicted octanol–water partition coefficient (Wildman–Crippen LogP) is 8.99. The van der Waals surface area contributed by atoms with Gasteiger partial charge in [-0.05, 0) is 111 Å². The molecule has 10 heteroatoms. The molecule has 0 aromatic heterocycles. The molecule has 0 fully saturated rings. The minimum Gasteiger partial charge on any atom is -0.459 e. The maximum atomic E-state index is 7.51. The average molecular weight is 909 g/mol. The summed E-state index contributed by atoms with van der Waals surface area (Å²) in [4.78, 5) is 7.03. The van der Waals surface area contributed by atoms with E-state index in [9.17, 15) is 0 Å². The van der Waals surface area contributed by atoms with Crippen LogP contribution in [0.3, 0.4) is 0 Å². The molecule has 0 radical (unpaired) electrons. The summed E-state index contributed by atoms with van der Waals surface area (Å²) >= 11 is 0. The van der Waals surface area contributed by atoms with E-state index >= 15 is 0 Å². The Labute approximate surface area is 411 Å². The van der Waals surface area contributed by atoms with Gasteiger partial charge in [0.15, 0.2) is 0 Å². The summed E-state index contributed by atoms with van der Waals surface area (Å²) in [5.74, 6) is 6.54. The molecule has 0 unspecified atom stereocenters. The van der Waals surface area contributed by atoms with Crippen LogP contribution in [0.4, 0.5) is 45.5 Å². The summed E-state index contributed by atoms with van der Waals surface area (Å²) < 4.78 is 29.3. The van der Waals surface area contributed by atoms with E-state index in [1.165, 1.54) is 0 Å². The van der Waals surface area contributed by atoms with Crippen molar-refractivity contribution in [2.45, 2.75) is 0 Å². The van der Waals surface area contributed by atoms with Gasteiger partial charge in [0.1, 0.15) is 46.0 Å². The van der Waals surface area contributed by atoms with Crippen LogP contribution in [0, 0.1) is 0 Å². The van der Waals surface area contributed by atoms with E-state index in [0.717, 1.165) is 141 Å². The third-order valence-electron chi connectivity index (χ3n) is 15.5. The molecule has 0 saturated carbocycles. The highest BCUT2D eigenvalue weighted by molar-refractivity contribution is 7.05. The van der Waals surface area contributed by atoms with Crippen molar-refractivity contribution in [2.75, 3.05) is 21.7 Å². The maximum Gasteiger partial charge on any atom is 0.261 e. The second-order valence-corrected chi connectivity index (χ2v) is 19.1. The zero-order chi connectivity index (χ0) is 46.5. The van der Waals surface area contributed by atoms with Crippen molar-refractivity contribution in [3.05, 3.63) is 212 Å². The molecule has 6 aliphatic rings. The smallest absolute Gasteiger partial charge is 0.261 e. The lowest BCUT2D eigenvalue weighted by molar-refractivity contribution is 0.466. The number of ether oxygens (including phenoxy) is 4. The van der Waals surface area contributed by atoms with Gasteiger partial charge in [-0.1, -0.05) is 121 Å². The van der Waals surface area contributed by atoms with E-state index in [-0.39, 0.29) is 20.1 Å². The van der Waals surface area contributed by atoms with Crippen molar-refractivity contribution in [1.29, 1.82) is 0 Å². The van der Waals surface area contributed by atoms with Crippen LogP contribution in [0.2, 0.25) is 0 Å². The summed E-state index contributed by atoms with van der Waals surface area (Å²) in [6, 6.07) is 75.3. The molecule has 6 heterocycles. The number of hydrogen-bond acceptors (Lipinski definition) is 7. The Kier molecular flexibility index (Phi) is 7.95. The molecule has 16 rings (SSSR count). The summed E-state index contributed by atoms with van der Waals surface area (Å²) in [5, 5.41) is 0. The Balaban J connectivity index is 1.01. The topological polar surface area (TPSA) is 46.6 Å². The van der Waals surface area contributed by atoms with Crippen LogP contribution in [-0.2, 0) is 0 Å². The van der Waals surface area contributed by atoms with E-state index in [4.69, 9.17) is 18.9 Å². The van der Waals surface area contributed by atoms with Crippen LogP contribution in [-0.4, -0.2) is 27.2 Å². The lowest BCUT2D eigenvalue weighted by atomic mass is 9.29. The molecule has 10 aromatic rings. The largest absolute Gasteiger partial charge is 0.459 e. The Morgan fingerprint density at radius 3 is 1.27 bits per heavy atom. The third kappa shape index (κ3) is 5.36. The fraction of sp³-hybridized carbons (Fsp3) is 0.0164. The van der Waals surface area contributed by atoms with Crippen LogP contribution in [0.1, 0.15) is 0 Å². The summed E-state index contributed by atoms with van der Waals surface area (Å²) in [7, 11) is 2.11. The van der Waals surface area contributed by atoms with Gasteiger partial charge >= 0.3 is 0 Å². The Hall–Kier alpha value is -9.01. The molecule has 71 heavy (non-hydrogen) atoms. The fourth-order valence-corrected chi connectivity index (χ4v) is 12.5. The van der Waals surface area contributed by atoms with Crippen molar-refractivity contribution in [3.8, 4) is 46.0 Å². The van der Waals surface area contributed by atoms with E-state index in [2.05, 4.69) is 228 Å². The zero-order valence-electron chi connectivity index (χ0n) is 38.4. The number of rotatable bonds is 4. The van der Waals surface area contributed by atoms with Crippen LogP contribution < -0.4 is 82.8 Å². The van der Waals surface area contributed by atoms with E-state index in [0.29, 0.717) is 0 Å². The highest BCUT2D eigenvalue weighted by atomic mass is 16.5. The first-order valence-electron chi connectivity index (χ1n) is 24.3. The van der Waals surface area contributed by atoms with Gasteiger partial charge in [-0.15, -0.1) is 0 Å². The number of anilines is 8. The van der Waals surface area contributed by atoms with Crippen molar-refractivity contribution in [2.24, 2.45) is 0 Å². The number of fused-ring (bicyclic) bond motifs is 14. The lowest BCUT2D eigenvalue weighted by Crippen LogP contribution is -2.66. The summed E-state index contributed by atoms with van der Waals surface area (Å²) in [5.41, 5.74) is 18.1. The minimum absolute atomic E-state index is 0.115. The zero-order valence-corrected chi connectivity index (χ0v) is 38.4. The van der Waals surface area contributed by atoms with Crippen LogP contribution in [0.15, 0.2) is 212 Å². The first kappa shape index (κ1) is 38.9. The van der Waals surface area contributed by atoms with Crippen LogP contribution >= 0.6 is 0 Å². The molecule has 0 N–H and O–H groups in total. The summed E-state index contributed by atoms with van der Waals surface area (Å²) in [6.45, 7) is -0.639. The van der Waals surface area contributed by atoms with Crippen LogP contribution in [0.5, 0.6) is 46.0 Å². The van der Waals surface area contributed by atoms with Gasteiger partial charge in [0.25, 0.3) is 20.1 Å². The van der Waals surface area contributed by atoms with E-state index in [1.54, 1.807) is 0 Å². The Morgan fingerprint density at radius 2 is 0.746 bits per heavy atom. The summed E-state index contributed by atoms with van der Waals surface area (Å²) in [6.07, 6.45) is 0. The third-order valence-corrected chi connectivity index (χ3v) is 15.5. The van der Waals surface area contributed by atoms with Gasteiger partial charge in [-0.25, -0.2) is 0 Å². The molecule has 0 saturated heterocycles. The second-order valence-electron chi connectivity index (χ2n) is 19.1. The first-order valence-corrected chi connectivity index (χ1v) is 24.3. The lowest BCUT2D eigenvalue weighted by Gasteiger charge is -2.47. The molecule has 0 bridgehead atoms. The molecular weight excluding hydrogens is 871 g/mol. The normalized spacial score (nSPS) is 14.0. The van der Waals surface area contributed by atoms with E-state index < -0.39 is 0 Å². The van der Waals surface area contributed by atoms with Gasteiger partial charge in [-0.2, -0.15) is 0 Å². The molecule has 330 valence electrons. The minimum atomic E-state index is -0.357. The molecule has 0 spiro atoms. The highest BCUT2D eigenvalue weighted by Gasteiger charge is 2.53. The van der Waals surface area contributed by atoms with Gasteiger partial charge in [0.05, 0.1) is 0 Å². The second kappa shape index (κ2) is 14.5. The van der Waals surface area contributed by atoms with Crippen molar-refractivity contribution >= 4 is 115 Å². The van der Waals surface area contributed by atoms with Gasteiger partial charge in [0, 0.05) is 81.7 Å². The molecule has 0 atom stereocenters. The van der Waals surface area contributed by atoms with Gasteiger partial charge < -0.3 is 33.6 Å². The Morgan fingerprint density at radius 1 is 0.310 bits per heavy atom. The molecule has 7 nitrogen and oxygen atoms in total. The average Bonchev–Trinajstić information content (AvgIpc) is 3.43. The van der Waals surface area contributed by atoms with Gasteiger partial charge in [-0.3, -0.25) is 0 Å². The highest BCUT2D eigenvalue weighted by Crippen LogP contribution is 2.50. The van der Waals surface area contributed by atoms with Crippen molar-refractivity contribution < 1.29 is 18.9 Å². The SMILES string of the molecule is CN(c1ccccc1)c1ccc2c(c1)Oc1cc3c(c4c1B2c1ccccc1O4)B1c2c(cccc2N3c2ccccc2)N(c2ccccc2)c2cc3c4c(c21)Oc1ccccc1B4c1ccccc1O3. The van der Waals surface area contributed by atoms with Gasteiger partial charge in [0.2, 0.25) is 0 Å². The van der Waals surface area contributed by atoms with Crippen molar-refractivity contribution in [1.82, 2.24) is 0 Å². The van der Waals surface area contributed by atoms with Crippen molar-refractivity contribution in [3.63, 3.8) is 0 Å². The number of hydrogen-bond donors (Lipinski definition) is 0. The number of nitrogens with zero attached hydrogens (tertiary/aromatic N) is 3. The fourth-order valence-electron chi connectivity index (χ4n) is 12.5. The molecule has 6 aliphatic heterocycles. The Bertz CT molecular complexity index is 3900. The predicted molar refractivity (Wildman–Crippen MR) is 290 cm³/mol. The maximum absolute atomic E-state index is 7.51. The standard InChI is InChI=1S/C61H38B3N3O4/c1-65(37-18-5-2-6-19-37)40-32-33-44-52(34-40)69-54-36-48-57(61-59(54)63(44)43-26-13-16-31-51(43)71-61)64-55-45(27-17-28-46(55)67(48)39-22-9-4-10-23-39)66(38-20-7-3-8-21-38)47-35-53-58-60(56(47)64)70-50-30-15-12-25-42(50)62(58)41-24-11-14-29-49(41)68-53/h2-36H,1H3. The quantitative estimate of drug-likeness (QED) is 0.164. The first-order chi connectivity index (χ1) is 35.2. The molecular formula is C61H38B3N3O4. The molecule has 10 aromatic carbocycles. The molecule has 0 aliphatic carbocycles. The van der Waals surface area contributed by atoms with Crippen LogP contribution in [0.25, 0.3) is 0 Å². The van der Waals surface area contributed by atoms with E-state index in [1.807, 2.05) is 6.07 Å². The number of benzene rings is 10. The number of para-hydroxylation sites is 6. The molecule has 0 amide bonds. The monoisotopic (exact) mass is 909 g/mol.